The SMILES string of the molecule is O=P(O)(O)C(F)(F)c1ccc(CN(Cc2ccc(Cl)c(Cl)c2)S(=O)(=O)c2ccccc2Cl)cc1Br. The quantitative estimate of drug-likeness (QED) is 0.256. The van der Waals surface area contributed by atoms with E-state index in [2.05, 4.69) is 15.9 Å². The summed E-state index contributed by atoms with van der Waals surface area (Å²) in [5, 5.41) is 0.483. The van der Waals surface area contributed by atoms with Gasteiger partial charge in [-0.15, -0.1) is 0 Å². The van der Waals surface area contributed by atoms with Gasteiger partial charge < -0.3 is 9.79 Å². The largest absolute Gasteiger partial charge is 0.399 e. The molecule has 0 aromatic heterocycles. The Morgan fingerprint density at radius 1 is 0.886 bits per heavy atom. The van der Waals surface area contributed by atoms with Crippen molar-refractivity contribution in [1.29, 1.82) is 0 Å². The molecule has 3 aromatic rings. The second-order valence-electron chi connectivity index (χ2n) is 7.35. The highest BCUT2D eigenvalue weighted by atomic mass is 79.9. The zero-order valence-electron chi connectivity index (χ0n) is 17.4. The fourth-order valence-electron chi connectivity index (χ4n) is 3.12. The van der Waals surface area contributed by atoms with Crippen LogP contribution < -0.4 is 0 Å². The number of nitrogens with zero attached hydrogens (tertiary/aromatic N) is 1. The molecule has 35 heavy (non-hydrogen) atoms. The minimum atomic E-state index is -5.79. The van der Waals surface area contributed by atoms with E-state index in [1.165, 1.54) is 36.4 Å². The molecular weight excluding hydrogens is 634 g/mol. The Labute approximate surface area is 223 Å². The zero-order valence-corrected chi connectivity index (χ0v) is 22.9. The number of benzene rings is 3. The molecule has 0 aliphatic rings. The Bertz CT molecular complexity index is 1420. The van der Waals surface area contributed by atoms with Crippen LogP contribution >= 0.6 is 58.3 Å². The Hall–Kier alpha value is -1.07. The molecule has 0 spiro atoms. The van der Waals surface area contributed by atoms with Gasteiger partial charge in [0.05, 0.1) is 15.1 Å². The number of alkyl halides is 2. The van der Waals surface area contributed by atoms with Gasteiger partial charge in [-0.2, -0.15) is 13.1 Å². The van der Waals surface area contributed by atoms with Gasteiger partial charge in [0.25, 0.3) is 0 Å². The van der Waals surface area contributed by atoms with Crippen molar-refractivity contribution in [1.82, 2.24) is 4.31 Å². The standard InChI is InChI=1S/C21H16BrCl3F2NO5PS/c22-16-9-13(5-7-15(16)21(26,27)34(29,30)31)11-28(12-14-6-8-17(23)19(25)10-14)35(32,33)20-4-2-1-3-18(20)24/h1-10H,11-12H2,(H2,29,30,31). The van der Waals surface area contributed by atoms with Crippen molar-refractivity contribution in [3.05, 3.63) is 96.9 Å². The van der Waals surface area contributed by atoms with Crippen molar-refractivity contribution in [2.24, 2.45) is 0 Å². The predicted octanol–water partition coefficient (Wildman–Crippen LogP) is 7.03. The third-order valence-corrected chi connectivity index (χ3v) is 9.54. The smallest absolute Gasteiger partial charge is 0.320 e. The number of hydrogen-bond acceptors (Lipinski definition) is 3. The molecule has 3 aromatic carbocycles. The molecule has 14 heteroatoms. The second kappa shape index (κ2) is 10.7. The van der Waals surface area contributed by atoms with Gasteiger partial charge in [0, 0.05) is 23.1 Å². The first kappa shape index (κ1) is 28.5. The molecule has 188 valence electrons. The molecule has 0 amide bonds. The maximum Gasteiger partial charge on any atom is 0.399 e. The fraction of sp³-hybridized carbons (Fsp3) is 0.143. The van der Waals surface area contributed by atoms with E-state index >= 15 is 0 Å². The summed E-state index contributed by atoms with van der Waals surface area (Å²) in [7, 11) is -9.98. The number of halogens is 6. The highest BCUT2D eigenvalue weighted by molar-refractivity contribution is 9.10. The first-order chi connectivity index (χ1) is 16.1. The molecule has 0 bridgehead atoms. The highest BCUT2D eigenvalue weighted by Crippen LogP contribution is 2.60. The lowest BCUT2D eigenvalue weighted by atomic mass is 10.1. The monoisotopic (exact) mass is 647 g/mol. The van der Waals surface area contributed by atoms with Crippen LogP contribution in [-0.2, 0) is 33.3 Å². The average Bonchev–Trinajstić information content (AvgIpc) is 2.75. The van der Waals surface area contributed by atoms with Crippen molar-refractivity contribution in [2.75, 3.05) is 0 Å². The van der Waals surface area contributed by atoms with Crippen molar-refractivity contribution < 1.29 is 31.6 Å². The minimum Gasteiger partial charge on any atom is -0.320 e. The van der Waals surface area contributed by atoms with Gasteiger partial charge in [0.2, 0.25) is 10.0 Å². The van der Waals surface area contributed by atoms with E-state index < -0.39 is 28.8 Å². The van der Waals surface area contributed by atoms with Gasteiger partial charge >= 0.3 is 13.3 Å². The molecule has 0 saturated heterocycles. The molecule has 0 aliphatic heterocycles. The van der Waals surface area contributed by atoms with Crippen LogP contribution in [-0.4, -0.2) is 22.5 Å². The van der Waals surface area contributed by atoms with Gasteiger partial charge in [0.15, 0.2) is 0 Å². The van der Waals surface area contributed by atoms with Gasteiger partial charge in [-0.25, -0.2) is 8.42 Å². The molecule has 6 nitrogen and oxygen atoms in total. The van der Waals surface area contributed by atoms with Crippen molar-refractivity contribution in [3.63, 3.8) is 0 Å². The summed E-state index contributed by atoms with van der Waals surface area (Å²) in [6, 6.07) is 13.6. The summed E-state index contributed by atoms with van der Waals surface area (Å²) in [6.07, 6.45) is 0. The van der Waals surface area contributed by atoms with Crippen molar-refractivity contribution >= 4 is 68.4 Å². The maximum atomic E-state index is 14.2. The highest BCUT2D eigenvalue weighted by Gasteiger charge is 2.51. The van der Waals surface area contributed by atoms with E-state index in [0.29, 0.717) is 5.56 Å². The van der Waals surface area contributed by atoms with Gasteiger partial charge in [-0.1, -0.05) is 81.1 Å². The molecule has 0 radical (unpaired) electrons. The lowest BCUT2D eigenvalue weighted by molar-refractivity contribution is 0.0557. The van der Waals surface area contributed by atoms with E-state index in [1.807, 2.05) is 0 Å². The van der Waals surface area contributed by atoms with E-state index in [4.69, 9.17) is 44.6 Å². The lowest BCUT2D eigenvalue weighted by Crippen LogP contribution is -2.30. The molecule has 0 unspecified atom stereocenters. The zero-order chi connectivity index (χ0) is 26.2. The van der Waals surface area contributed by atoms with Gasteiger partial charge in [-0.05, 0) is 41.5 Å². The minimum absolute atomic E-state index is 0.00977. The van der Waals surface area contributed by atoms with E-state index in [9.17, 15) is 21.8 Å². The van der Waals surface area contributed by atoms with Crippen molar-refractivity contribution in [3.8, 4) is 0 Å². The Morgan fingerprint density at radius 3 is 2.00 bits per heavy atom. The number of rotatable bonds is 8. The van der Waals surface area contributed by atoms with E-state index in [0.717, 1.165) is 16.4 Å². The van der Waals surface area contributed by atoms with Crippen LogP contribution in [0, 0.1) is 0 Å². The van der Waals surface area contributed by atoms with Gasteiger partial charge in [-0.3, -0.25) is 4.57 Å². The summed E-state index contributed by atoms with van der Waals surface area (Å²) in [5.41, 5.74) is -4.61. The summed E-state index contributed by atoms with van der Waals surface area (Å²) in [4.78, 5) is 17.9. The summed E-state index contributed by atoms with van der Waals surface area (Å²) in [6.45, 7) is -0.448. The summed E-state index contributed by atoms with van der Waals surface area (Å²) >= 11 is 21.1. The molecule has 0 saturated carbocycles. The first-order valence-electron chi connectivity index (χ1n) is 9.55. The van der Waals surface area contributed by atoms with E-state index in [1.54, 1.807) is 12.1 Å². The average molecular weight is 650 g/mol. The van der Waals surface area contributed by atoms with Crippen LogP contribution in [0.1, 0.15) is 16.7 Å². The number of sulfonamides is 1. The van der Waals surface area contributed by atoms with Crippen LogP contribution in [0.2, 0.25) is 15.1 Å². The molecular formula is C21H16BrCl3F2NO5PS. The summed E-state index contributed by atoms with van der Waals surface area (Å²) < 4.78 is 67.4. The number of hydrogen-bond donors (Lipinski definition) is 2. The second-order valence-corrected chi connectivity index (χ2v) is 13.0. The summed E-state index contributed by atoms with van der Waals surface area (Å²) in [5.74, 6) is 0. The fourth-order valence-corrected chi connectivity index (χ4v) is 6.69. The van der Waals surface area contributed by atoms with E-state index in [-0.39, 0.29) is 43.1 Å². The van der Waals surface area contributed by atoms with Crippen LogP contribution in [0.25, 0.3) is 0 Å². The van der Waals surface area contributed by atoms with Crippen LogP contribution in [0.3, 0.4) is 0 Å². The third kappa shape index (κ3) is 6.26. The van der Waals surface area contributed by atoms with Crippen LogP contribution in [0.4, 0.5) is 8.78 Å². The Kier molecular flexibility index (Phi) is 8.74. The first-order valence-corrected chi connectivity index (χ1v) is 14.5. The maximum absolute atomic E-state index is 14.2. The molecule has 0 heterocycles. The van der Waals surface area contributed by atoms with Gasteiger partial charge in [0.1, 0.15) is 4.90 Å². The molecule has 3 rings (SSSR count). The molecule has 0 aliphatic carbocycles. The third-order valence-electron chi connectivity index (χ3n) is 4.88. The predicted molar refractivity (Wildman–Crippen MR) is 134 cm³/mol. The normalized spacial score (nSPS) is 12.8. The molecule has 2 N–H and O–H groups in total. The lowest BCUT2D eigenvalue weighted by Gasteiger charge is -2.24. The van der Waals surface area contributed by atoms with Crippen molar-refractivity contribution in [2.45, 2.75) is 23.6 Å². The molecule has 0 fully saturated rings. The topological polar surface area (TPSA) is 94.9 Å². The Morgan fingerprint density at radius 2 is 1.46 bits per heavy atom. The Balaban J connectivity index is 2.05. The van der Waals surface area contributed by atoms with Crippen LogP contribution in [0.5, 0.6) is 0 Å². The molecule has 0 atom stereocenters. The van der Waals surface area contributed by atoms with Crippen LogP contribution in [0.15, 0.2) is 70.0 Å².